The number of carbonyl (C=O) groups excluding carboxylic acids is 1. The van der Waals surface area contributed by atoms with Gasteiger partial charge in [0.05, 0.1) is 11.9 Å². The Kier molecular flexibility index (Phi) is 5.21. The molecule has 0 radical (unpaired) electrons. The number of likely N-dealkylation sites (tertiary alicyclic amines) is 1. The van der Waals surface area contributed by atoms with Gasteiger partial charge in [0, 0.05) is 47.6 Å². The quantitative estimate of drug-likeness (QED) is 0.712. The fourth-order valence-electron chi connectivity index (χ4n) is 3.78. The highest BCUT2D eigenvalue weighted by atomic mass is 16.1. The van der Waals surface area contributed by atoms with Gasteiger partial charge in [-0.2, -0.15) is 0 Å². The van der Waals surface area contributed by atoms with Crippen LogP contribution in [-0.4, -0.2) is 45.8 Å². The molecule has 0 saturated carbocycles. The Morgan fingerprint density at radius 3 is 2.85 bits per heavy atom. The van der Waals surface area contributed by atoms with Gasteiger partial charge in [-0.3, -0.25) is 19.7 Å². The first-order valence-electron chi connectivity index (χ1n) is 9.55. The third-order valence-electron chi connectivity index (χ3n) is 5.40. The Morgan fingerprint density at radius 1 is 1.07 bits per heavy atom. The van der Waals surface area contributed by atoms with Crippen LogP contribution in [0.15, 0.2) is 49.1 Å². The van der Waals surface area contributed by atoms with Crippen LogP contribution < -0.4 is 0 Å². The molecular formula is C22H24N4O. The van der Waals surface area contributed by atoms with Crippen molar-refractivity contribution in [2.24, 2.45) is 5.92 Å². The van der Waals surface area contributed by atoms with Gasteiger partial charge in [-0.15, -0.1) is 0 Å². The largest absolute Gasteiger partial charge is 0.306 e. The molecule has 1 aliphatic rings. The number of benzene rings is 1. The summed E-state index contributed by atoms with van der Waals surface area (Å²) in [5.74, 6) is 0.487. The summed E-state index contributed by atoms with van der Waals surface area (Å²) in [7, 11) is 2.13. The summed E-state index contributed by atoms with van der Waals surface area (Å²) < 4.78 is 0. The molecule has 0 aliphatic carbocycles. The van der Waals surface area contributed by atoms with Crippen LogP contribution in [-0.2, 0) is 11.2 Å². The van der Waals surface area contributed by atoms with Gasteiger partial charge >= 0.3 is 0 Å². The van der Waals surface area contributed by atoms with E-state index in [-0.39, 0.29) is 5.92 Å². The van der Waals surface area contributed by atoms with Crippen LogP contribution in [0.1, 0.15) is 25.0 Å². The van der Waals surface area contributed by atoms with Crippen molar-refractivity contribution >= 4 is 16.6 Å². The molecule has 138 valence electrons. The van der Waals surface area contributed by atoms with Crippen molar-refractivity contribution in [3.05, 3.63) is 54.7 Å². The number of ketones is 1. The number of aromatic nitrogens is 3. The Labute approximate surface area is 159 Å². The molecule has 1 aliphatic heterocycles. The van der Waals surface area contributed by atoms with Crippen LogP contribution in [0.2, 0.25) is 0 Å². The van der Waals surface area contributed by atoms with Gasteiger partial charge in [0.1, 0.15) is 5.78 Å². The molecule has 0 amide bonds. The molecule has 1 atom stereocenters. The molecule has 3 aromatic rings. The molecule has 1 aromatic carbocycles. The number of hydrogen-bond acceptors (Lipinski definition) is 5. The Bertz CT molecular complexity index is 941. The van der Waals surface area contributed by atoms with E-state index >= 15 is 0 Å². The minimum atomic E-state index is 0.165. The number of fused-ring (bicyclic) bond motifs is 1. The van der Waals surface area contributed by atoms with Gasteiger partial charge in [0.15, 0.2) is 0 Å². The average molecular weight is 360 g/mol. The SMILES string of the molecule is CN1CCCC(C(=O)Cc2cc3cc(-c4cnccn4)ccc3cn2)CC1. The summed E-state index contributed by atoms with van der Waals surface area (Å²) in [5.41, 5.74) is 2.71. The molecule has 1 fully saturated rings. The van der Waals surface area contributed by atoms with Gasteiger partial charge in [-0.05, 0) is 56.9 Å². The van der Waals surface area contributed by atoms with E-state index in [4.69, 9.17) is 0 Å². The first-order chi connectivity index (χ1) is 13.2. The van der Waals surface area contributed by atoms with E-state index in [9.17, 15) is 4.79 Å². The lowest BCUT2D eigenvalue weighted by Crippen LogP contribution is -2.21. The minimum absolute atomic E-state index is 0.165. The number of pyridine rings is 1. The van der Waals surface area contributed by atoms with Crippen LogP contribution in [0, 0.1) is 5.92 Å². The molecule has 4 rings (SSSR count). The topological polar surface area (TPSA) is 59.0 Å². The van der Waals surface area contributed by atoms with E-state index < -0.39 is 0 Å². The van der Waals surface area contributed by atoms with E-state index in [2.05, 4.69) is 33.0 Å². The van der Waals surface area contributed by atoms with Crippen LogP contribution >= 0.6 is 0 Å². The number of rotatable bonds is 4. The van der Waals surface area contributed by atoms with Gasteiger partial charge in [-0.25, -0.2) is 0 Å². The number of nitrogens with zero attached hydrogens (tertiary/aromatic N) is 4. The van der Waals surface area contributed by atoms with Crippen molar-refractivity contribution in [1.82, 2.24) is 19.9 Å². The van der Waals surface area contributed by atoms with E-state index in [1.807, 2.05) is 24.4 Å². The fraction of sp³-hybridized carbons (Fsp3) is 0.364. The van der Waals surface area contributed by atoms with Crippen LogP contribution in [0.3, 0.4) is 0 Å². The van der Waals surface area contributed by atoms with Crippen LogP contribution in [0.4, 0.5) is 0 Å². The monoisotopic (exact) mass is 360 g/mol. The first kappa shape index (κ1) is 17.7. The second-order valence-corrected chi connectivity index (χ2v) is 7.40. The van der Waals surface area contributed by atoms with E-state index in [0.717, 1.165) is 60.1 Å². The second kappa shape index (κ2) is 7.92. The standard InChI is InChI=1S/C22H24N4O/c1-26-9-2-3-16(6-10-26)22(27)13-20-12-19-11-17(4-5-18(19)14-25-20)21-15-23-7-8-24-21/h4-5,7-8,11-12,14-16H,2-3,6,9-10,13H2,1H3. The summed E-state index contributed by atoms with van der Waals surface area (Å²) in [4.78, 5) is 28.1. The molecule has 5 heteroatoms. The summed E-state index contributed by atoms with van der Waals surface area (Å²) in [5, 5.41) is 2.14. The Balaban J connectivity index is 1.54. The van der Waals surface area contributed by atoms with Gasteiger partial charge in [-0.1, -0.05) is 12.1 Å². The molecule has 1 saturated heterocycles. The second-order valence-electron chi connectivity index (χ2n) is 7.40. The number of carbonyl (C=O) groups is 1. The molecule has 5 nitrogen and oxygen atoms in total. The van der Waals surface area contributed by atoms with E-state index in [1.54, 1.807) is 18.6 Å². The van der Waals surface area contributed by atoms with Gasteiger partial charge < -0.3 is 4.90 Å². The summed E-state index contributed by atoms with van der Waals surface area (Å²) in [6.07, 6.45) is 10.4. The molecule has 3 heterocycles. The zero-order valence-electron chi connectivity index (χ0n) is 15.6. The Hall–Kier alpha value is -2.66. The first-order valence-corrected chi connectivity index (χ1v) is 9.55. The van der Waals surface area contributed by atoms with Crippen molar-refractivity contribution in [2.45, 2.75) is 25.7 Å². The molecule has 2 aromatic heterocycles. The predicted molar refractivity (Wildman–Crippen MR) is 106 cm³/mol. The molecular weight excluding hydrogens is 336 g/mol. The minimum Gasteiger partial charge on any atom is -0.306 e. The van der Waals surface area contributed by atoms with Gasteiger partial charge in [0.25, 0.3) is 0 Å². The highest BCUT2D eigenvalue weighted by Gasteiger charge is 2.22. The third kappa shape index (κ3) is 4.19. The summed E-state index contributed by atoms with van der Waals surface area (Å²) in [6.45, 7) is 2.09. The average Bonchev–Trinajstić information content (AvgIpc) is 2.92. The molecule has 27 heavy (non-hydrogen) atoms. The maximum atomic E-state index is 12.8. The summed E-state index contributed by atoms with van der Waals surface area (Å²) in [6, 6.07) is 8.20. The lowest BCUT2D eigenvalue weighted by molar-refractivity contribution is -0.122. The third-order valence-corrected chi connectivity index (χ3v) is 5.40. The lowest BCUT2D eigenvalue weighted by Gasteiger charge is -2.14. The van der Waals surface area contributed by atoms with Crippen LogP contribution in [0.5, 0.6) is 0 Å². The van der Waals surface area contributed by atoms with E-state index in [0.29, 0.717) is 12.2 Å². The highest BCUT2D eigenvalue weighted by Crippen LogP contribution is 2.24. The zero-order chi connectivity index (χ0) is 18.6. The van der Waals surface area contributed by atoms with Crippen molar-refractivity contribution in [1.29, 1.82) is 0 Å². The smallest absolute Gasteiger partial charge is 0.141 e. The molecule has 0 spiro atoms. The van der Waals surface area contributed by atoms with Crippen molar-refractivity contribution < 1.29 is 4.79 Å². The van der Waals surface area contributed by atoms with Crippen molar-refractivity contribution in [3.8, 4) is 11.3 Å². The lowest BCUT2D eigenvalue weighted by atomic mass is 9.92. The molecule has 0 bridgehead atoms. The normalized spacial score (nSPS) is 18.3. The van der Waals surface area contributed by atoms with Crippen molar-refractivity contribution in [3.63, 3.8) is 0 Å². The fourth-order valence-corrected chi connectivity index (χ4v) is 3.78. The van der Waals surface area contributed by atoms with E-state index in [1.165, 1.54) is 0 Å². The number of hydrogen-bond donors (Lipinski definition) is 0. The van der Waals surface area contributed by atoms with Gasteiger partial charge in [0.2, 0.25) is 0 Å². The molecule has 1 unspecified atom stereocenters. The maximum Gasteiger partial charge on any atom is 0.141 e. The Morgan fingerprint density at radius 2 is 2.00 bits per heavy atom. The van der Waals surface area contributed by atoms with Crippen LogP contribution in [0.25, 0.3) is 22.0 Å². The highest BCUT2D eigenvalue weighted by molar-refractivity contribution is 5.88. The zero-order valence-corrected chi connectivity index (χ0v) is 15.6. The number of Topliss-reactive ketones (excluding diaryl/α,β-unsaturated/α-hetero) is 1. The maximum absolute atomic E-state index is 12.8. The van der Waals surface area contributed by atoms with Crippen molar-refractivity contribution in [2.75, 3.05) is 20.1 Å². The summed E-state index contributed by atoms with van der Waals surface area (Å²) >= 11 is 0. The molecule has 0 N–H and O–H groups in total. The predicted octanol–water partition coefficient (Wildman–Crippen LogP) is 3.54.